The van der Waals surface area contributed by atoms with Crippen molar-refractivity contribution in [3.05, 3.63) is 33.9 Å². The van der Waals surface area contributed by atoms with Crippen LogP contribution >= 0.6 is 11.8 Å². The van der Waals surface area contributed by atoms with Gasteiger partial charge in [0.15, 0.2) is 0 Å². The Hall–Kier alpha value is -1.60. The van der Waals surface area contributed by atoms with Crippen LogP contribution in [0, 0.1) is 10.1 Å². The highest BCUT2D eigenvalue weighted by Gasteiger charge is 2.17. The standard InChI is InChI=1S/C12H15NO5S/c1-17-6-3-7-19-11-8-9(12(14)18-2)4-5-10(11)13(15)16/h4-5,8H,3,6-7H2,1-2H3. The third-order valence-electron chi connectivity index (χ3n) is 2.33. The molecule has 19 heavy (non-hydrogen) atoms. The van der Waals surface area contributed by atoms with Crippen LogP contribution in [0.2, 0.25) is 0 Å². The Labute approximate surface area is 115 Å². The lowest BCUT2D eigenvalue weighted by atomic mass is 10.2. The summed E-state index contributed by atoms with van der Waals surface area (Å²) in [7, 11) is 2.88. The van der Waals surface area contributed by atoms with E-state index >= 15 is 0 Å². The third kappa shape index (κ3) is 4.53. The van der Waals surface area contributed by atoms with Crippen molar-refractivity contribution in [2.24, 2.45) is 0 Å². The second-order valence-electron chi connectivity index (χ2n) is 3.63. The minimum Gasteiger partial charge on any atom is -0.465 e. The second kappa shape index (κ2) is 7.75. The molecule has 1 rings (SSSR count). The first-order valence-corrected chi connectivity index (χ1v) is 6.57. The lowest BCUT2D eigenvalue weighted by molar-refractivity contribution is -0.387. The van der Waals surface area contributed by atoms with E-state index in [0.717, 1.165) is 6.42 Å². The quantitative estimate of drug-likeness (QED) is 0.252. The number of benzene rings is 1. The van der Waals surface area contributed by atoms with Crippen molar-refractivity contribution in [2.45, 2.75) is 11.3 Å². The predicted octanol–water partition coefficient (Wildman–Crippen LogP) is 2.51. The highest BCUT2D eigenvalue weighted by Crippen LogP contribution is 2.30. The van der Waals surface area contributed by atoms with Crippen LogP contribution in [-0.2, 0) is 9.47 Å². The van der Waals surface area contributed by atoms with E-state index < -0.39 is 10.9 Å². The molecular formula is C12H15NO5S. The van der Waals surface area contributed by atoms with Crippen LogP contribution in [0.15, 0.2) is 23.1 Å². The van der Waals surface area contributed by atoms with E-state index in [2.05, 4.69) is 4.74 Å². The Morgan fingerprint density at radius 2 is 2.16 bits per heavy atom. The first-order chi connectivity index (χ1) is 9.10. The van der Waals surface area contributed by atoms with Gasteiger partial charge in [-0.3, -0.25) is 10.1 Å². The van der Waals surface area contributed by atoms with Gasteiger partial charge in [0.05, 0.1) is 22.5 Å². The van der Waals surface area contributed by atoms with Crippen molar-refractivity contribution in [2.75, 3.05) is 26.6 Å². The molecule has 0 aromatic heterocycles. The number of methoxy groups -OCH3 is 2. The first-order valence-electron chi connectivity index (χ1n) is 5.58. The molecule has 1 aromatic carbocycles. The smallest absolute Gasteiger partial charge is 0.337 e. The average molecular weight is 285 g/mol. The van der Waals surface area contributed by atoms with Crippen LogP contribution in [0.3, 0.4) is 0 Å². The molecule has 0 saturated carbocycles. The van der Waals surface area contributed by atoms with Gasteiger partial charge in [-0.05, 0) is 18.6 Å². The fourth-order valence-corrected chi connectivity index (χ4v) is 2.39. The number of thioether (sulfide) groups is 1. The molecular weight excluding hydrogens is 270 g/mol. The normalized spacial score (nSPS) is 10.2. The van der Waals surface area contributed by atoms with Gasteiger partial charge in [-0.2, -0.15) is 0 Å². The number of hydrogen-bond donors (Lipinski definition) is 0. The zero-order valence-corrected chi connectivity index (χ0v) is 11.6. The number of esters is 1. The molecule has 0 amide bonds. The monoisotopic (exact) mass is 285 g/mol. The molecule has 0 atom stereocenters. The topological polar surface area (TPSA) is 78.7 Å². The number of carbonyl (C=O) groups is 1. The summed E-state index contributed by atoms with van der Waals surface area (Å²) < 4.78 is 9.51. The van der Waals surface area contributed by atoms with Crippen molar-refractivity contribution < 1.29 is 19.2 Å². The number of nitrogens with zero attached hydrogens (tertiary/aromatic N) is 1. The number of hydrogen-bond acceptors (Lipinski definition) is 6. The van der Waals surface area contributed by atoms with E-state index in [4.69, 9.17) is 4.74 Å². The minimum absolute atomic E-state index is 0.00456. The van der Waals surface area contributed by atoms with Crippen molar-refractivity contribution in [1.29, 1.82) is 0 Å². The zero-order valence-electron chi connectivity index (χ0n) is 10.8. The summed E-state index contributed by atoms with van der Waals surface area (Å²) in [5.74, 6) is 0.174. The second-order valence-corrected chi connectivity index (χ2v) is 4.76. The summed E-state index contributed by atoms with van der Waals surface area (Å²) in [5, 5.41) is 10.9. The third-order valence-corrected chi connectivity index (χ3v) is 3.46. The van der Waals surface area contributed by atoms with Crippen molar-refractivity contribution in [1.82, 2.24) is 0 Å². The number of carbonyl (C=O) groups excluding carboxylic acids is 1. The van der Waals surface area contributed by atoms with Crippen molar-refractivity contribution >= 4 is 23.4 Å². The molecule has 0 unspecified atom stereocenters. The van der Waals surface area contributed by atoms with Crippen LogP contribution in [0.1, 0.15) is 16.8 Å². The molecule has 0 aliphatic carbocycles. The minimum atomic E-state index is -0.506. The molecule has 0 fully saturated rings. The van der Waals surface area contributed by atoms with Gasteiger partial charge in [-0.1, -0.05) is 0 Å². The molecule has 0 radical (unpaired) electrons. The number of rotatable bonds is 7. The van der Waals surface area contributed by atoms with E-state index in [1.165, 1.54) is 37.1 Å². The molecule has 0 bridgehead atoms. The lowest BCUT2D eigenvalue weighted by Gasteiger charge is -2.05. The van der Waals surface area contributed by atoms with Gasteiger partial charge in [0.2, 0.25) is 0 Å². The Kier molecular flexibility index (Phi) is 6.31. The highest BCUT2D eigenvalue weighted by atomic mass is 32.2. The molecule has 1 aromatic rings. The van der Waals surface area contributed by atoms with Crippen LogP contribution in [0.25, 0.3) is 0 Å². The van der Waals surface area contributed by atoms with Gasteiger partial charge >= 0.3 is 5.97 Å². The van der Waals surface area contributed by atoms with Crippen molar-refractivity contribution in [3.8, 4) is 0 Å². The molecule has 0 aliphatic rings. The highest BCUT2D eigenvalue weighted by molar-refractivity contribution is 7.99. The molecule has 6 nitrogen and oxygen atoms in total. The summed E-state index contributed by atoms with van der Waals surface area (Å²) in [5.41, 5.74) is 0.303. The van der Waals surface area contributed by atoms with Crippen LogP contribution in [0.5, 0.6) is 0 Å². The van der Waals surface area contributed by atoms with Crippen LogP contribution < -0.4 is 0 Å². The van der Waals surface area contributed by atoms with E-state index in [9.17, 15) is 14.9 Å². The van der Waals surface area contributed by atoms with Crippen molar-refractivity contribution in [3.63, 3.8) is 0 Å². The predicted molar refractivity (Wildman–Crippen MR) is 71.7 cm³/mol. The van der Waals surface area contributed by atoms with Crippen LogP contribution in [-0.4, -0.2) is 37.5 Å². The SMILES string of the molecule is COCCCSc1cc(C(=O)OC)ccc1[N+](=O)[O-]. The van der Waals surface area contributed by atoms with Gasteiger partial charge in [0.25, 0.3) is 5.69 Å². The maximum Gasteiger partial charge on any atom is 0.337 e. The largest absolute Gasteiger partial charge is 0.465 e. The Bertz CT molecular complexity index is 463. The summed E-state index contributed by atoms with van der Waals surface area (Å²) >= 11 is 1.33. The number of nitro groups is 1. The van der Waals surface area contributed by atoms with Gasteiger partial charge < -0.3 is 9.47 Å². The van der Waals surface area contributed by atoms with Crippen LogP contribution in [0.4, 0.5) is 5.69 Å². The number of ether oxygens (including phenoxy) is 2. The average Bonchev–Trinajstić information content (AvgIpc) is 2.42. The fourth-order valence-electron chi connectivity index (χ4n) is 1.41. The first kappa shape index (κ1) is 15.5. The molecule has 0 saturated heterocycles. The summed E-state index contributed by atoms with van der Waals surface area (Å²) in [6, 6.07) is 4.20. The maximum atomic E-state index is 11.4. The van der Waals surface area contributed by atoms with Gasteiger partial charge in [0.1, 0.15) is 0 Å². The Morgan fingerprint density at radius 1 is 1.42 bits per heavy atom. The van der Waals surface area contributed by atoms with E-state index in [0.29, 0.717) is 22.8 Å². The fraction of sp³-hybridized carbons (Fsp3) is 0.417. The molecule has 104 valence electrons. The number of nitro benzene ring substituents is 1. The lowest BCUT2D eigenvalue weighted by Crippen LogP contribution is -2.02. The van der Waals surface area contributed by atoms with Gasteiger partial charge in [-0.25, -0.2) is 4.79 Å². The van der Waals surface area contributed by atoms with Gasteiger partial charge in [-0.15, -0.1) is 11.8 Å². The Balaban J connectivity index is 2.89. The van der Waals surface area contributed by atoms with E-state index in [-0.39, 0.29) is 5.69 Å². The zero-order chi connectivity index (χ0) is 14.3. The molecule has 0 spiro atoms. The molecule has 0 aliphatic heterocycles. The molecule has 0 heterocycles. The van der Waals surface area contributed by atoms with Gasteiger partial charge in [0, 0.05) is 25.5 Å². The molecule has 0 N–H and O–H groups in total. The Morgan fingerprint density at radius 3 is 2.74 bits per heavy atom. The molecule has 7 heteroatoms. The summed E-state index contributed by atoms with van der Waals surface area (Å²) in [4.78, 5) is 22.3. The van der Waals surface area contributed by atoms with E-state index in [1.807, 2.05) is 0 Å². The summed E-state index contributed by atoms with van der Waals surface area (Å²) in [6.07, 6.45) is 0.779. The van der Waals surface area contributed by atoms with E-state index in [1.54, 1.807) is 7.11 Å². The maximum absolute atomic E-state index is 11.4. The summed E-state index contributed by atoms with van der Waals surface area (Å²) in [6.45, 7) is 0.595.